The molecule has 0 N–H and O–H groups in total. The normalized spacial score (nSPS) is 17.7. The fourth-order valence-corrected chi connectivity index (χ4v) is 4.10. The van der Waals surface area contributed by atoms with Crippen molar-refractivity contribution >= 4 is 16.6 Å². The van der Waals surface area contributed by atoms with E-state index in [0.29, 0.717) is 0 Å². The molecule has 0 amide bonds. The molecule has 0 bridgehead atoms. The molecule has 0 radical (unpaired) electrons. The van der Waals surface area contributed by atoms with Crippen LogP contribution < -0.4 is 4.74 Å². The van der Waals surface area contributed by atoms with Gasteiger partial charge in [0, 0.05) is 37.0 Å². The van der Waals surface area contributed by atoms with Crippen LogP contribution in [-0.2, 0) is 6.54 Å². The Labute approximate surface area is 165 Å². The summed E-state index contributed by atoms with van der Waals surface area (Å²) in [5, 5.41) is 6.43. The maximum Gasteiger partial charge on any atom is 0.167 e. The van der Waals surface area contributed by atoms with Crippen molar-refractivity contribution in [3.8, 4) is 5.75 Å². The molecule has 28 heavy (non-hydrogen) atoms. The van der Waals surface area contributed by atoms with Gasteiger partial charge in [0.15, 0.2) is 5.78 Å². The van der Waals surface area contributed by atoms with Crippen molar-refractivity contribution in [1.29, 1.82) is 0 Å². The molecule has 2 heterocycles. The number of carbonyl (C=O) groups excluding carboxylic acids is 1. The van der Waals surface area contributed by atoms with E-state index in [2.05, 4.69) is 10.00 Å². The summed E-state index contributed by atoms with van der Waals surface area (Å²) in [5.74, 6) is 1.20. The molecule has 5 heteroatoms. The maximum absolute atomic E-state index is 13.1. The number of nitrogens with zero attached hydrogens (tertiary/aromatic N) is 3. The van der Waals surface area contributed by atoms with Crippen molar-refractivity contribution < 1.29 is 9.53 Å². The number of benzene rings is 2. The predicted molar refractivity (Wildman–Crippen MR) is 111 cm³/mol. The molecular weight excluding hydrogens is 350 g/mol. The Morgan fingerprint density at radius 3 is 2.86 bits per heavy atom. The highest BCUT2D eigenvalue weighted by molar-refractivity contribution is 6.01. The van der Waals surface area contributed by atoms with Gasteiger partial charge in [-0.25, -0.2) is 0 Å². The number of hydrogen-bond donors (Lipinski definition) is 0. The zero-order valence-electron chi connectivity index (χ0n) is 16.4. The van der Waals surface area contributed by atoms with Gasteiger partial charge in [0.05, 0.1) is 7.11 Å². The zero-order valence-corrected chi connectivity index (χ0v) is 16.4. The van der Waals surface area contributed by atoms with Crippen molar-refractivity contribution in [3.05, 3.63) is 60.4 Å². The number of Topliss-reactive ketones (excluding diaryl/α,β-unsaturated/α-hetero) is 1. The van der Waals surface area contributed by atoms with Gasteiger partial charge in [0.1, 0.15) is 5.75 Å². The van der Waals surface area contributed by atoms with Gasteiger partial charge in [-0.15, -0.1) is 0 Å². The van der Waals surface area contributed by atoms with Crippen LogP contribution in [0.1, 0.15) is 29.6 Å². The van der Waals surface area contributed by atoms with E-state index in [4.69, 9.17) is 4.74 Å². The summed E-state index contributed by atoms with van der Waals surface area (Å²) in [6.07, 6.45) is 6.94. The second-order valence-electron chi connectivity index (χ2n) is 7.55. The molecule has 0 spiro atoms. The number of hydrogen-bond acceptors (Lipinski definition) is 4. The van der Waals surface area contributed by atoms with E-state index in [1.165, 1.54) is 0 Å². The first-order chi connectivity index (χ1) is 13.7. The molecule has 5 nitrogen and oxygen atoms in total. The Morgan fingerprint density at radius 1 is 1.18 bits per heavy atom. The van der Waals surface area contributed by atoms with Crippen LogP contribution in [0.5, 0.6) is 5.75 Å². The first-order valence-electron chi connectivity index (χ1n) is 10.0. The number of ketones is 1. The number of carbonyl (C=O) groups is 1. The molecule has 1 aliphatic rings. The molecule has 0 saturated carbocycles. The van der Waals surface area contributed by atoms with Gasteiger partial charge < -0.3 is 9.64 Å². The minimum Gasteiger partial charge on any atom is -0.497 e. The van der Waals surface area contributed by atoms with Crippen molar-refractivity contribution in [2.24, 2.45) is 5.92 Å². The van der Waals surface area contributed by atoms with E-state index in [-0.39, 0.29) is 11.7 Å². The highest BCUT2D eigenvalue weighted by Gasteiger charge is 2.26. The minimum absolute atomic E-state index is 0.0918. The highest BCUT2D eigenvalue weighted by Crippen LogP contribution is 2.25. The number of methoxy groups -OCH3 is 1. The van der Waals surface area contributed by atoms with Gasteiger partial charge in [-0.1, -0.05) is 18.2 Å². The lowest BCUT2D eigenvalue weighted by Crippen LogP contribution is -2.39. The summed E-state index contributed by atoms with van der Waals surface area (Å²) in [7, 11) is 1.67. The van der Waals surface area contributed by atoms with Crippen LogP contribution in [0.3, 0.4) is 0 Å². The molecule has 1 aromatic heterocycles. The van der Waals surface area contributed by atoms with Gasteiger partial charge in [0.2, 0.25) is 0 Å². The number of likely N-dealkylation sites (tertiary alicyclic amines) is 1. The zero-order chi connectivity index (χ0) is 19.3. The molecule has 1 atom stereocenters. The summed E-state index contributed by atoms with van der Waals surface area (Å²) < 4.78 is 7.25. The Kier molecular flexibility index (Phi) is 5.72. The maximum atomic E-state index is 13.1. The molecule has 1 fully saturated rings. The van der Waals surface area contributed by atoms with Crippen molar-refractivity contribution in [2.75, 3.05) is 26.7 Å². The van der Waals surface area contributed by atoms with Crippen molar-refractivity contribution in [3.63, 3.8) is 0 Å². The van der Waals surface area contributed by atoms with E-state index in [0.717, 1.165) is 67.5 Å². The second kappa shape index (κ2) is 8.57. The minimum atomic E-state index is 0.0918. The molecule has 0 unspecified atom stereocenters. The van der Waals surface area contributed by atoms with Gasteiger partial charge in [-0.05, 0) is 67.4 Å². The number of aryl methyl sites for hydroxylation is 1. The number of ether oxygens (including phenoxy) is 1. The summed E-state index contributed by atoms with van der Waals surface area (Å²) in [6.45, 7) is 3.89. The molecular formula is C23H27N3O2. The molecule has 1 aliphatic heterocycles. The van der Waals surface area contributed by atoms with Crippen LogP contribution in [0.4, 0.5) is 0 Å². The van der Waals surface area contributed by atoms with Crippen molar-refractivity contribution in [2.45, 2.75) is 25.8 Å². The van der Waals surface area contributed by atoms with Crippen LogP contribution in [0.15, 0.2) is 54.9 Å². The van der Waals surface area contributed by atoms with Crippen LogP contribution in [0.25, 0.3) is 10.8 Å². The fourth-order valence-electron chi connectivity index (χ4n) is 4.10. The summed E-state index contributed by atoms with van der Waals surface area (Å²) in [5.41, 5.74) is 0.820. The molecule has 0 aliphatic carbocycles. The second-order valence-corrected chi connectivity index (χ2v) is 7.55. The Hall–Kier alpha value is -2.66. The molecule has 4 rings (SSSR count). The lowest BCUT2D eigenvalue weighted by molar-refractivity contribution is 0.0817. The fraction of sp³-hybridized carbons (Fsp3) is 0.391. The van der Waals surface area contributed by atoms with E-state index < -0.39 is 0 Å². The summed E-state index contributed by atoms with van der Waals surface area (Å²) in [4.78, 5) is 15.5. The number of aromatic nitrogens is 2. The average Bonchev–Trinajstić information content (AvgIpc) is 3.26. The molecule has 2 aromatic carbocycles. The average molecular weight is 377 g/mol. The lowest BCUT2D eigenvalue weighted by atomic mass is 9.89. The highest BCUT2D eigenvalue weighted by atomic mass is 16.5. The third kappa shape index (κ3) is 4.25. The van der Waals surface area contributed by atoms with Gasteiger partial charge in [0.25, 0.3) is 0 Å². The quantitative estimate of drug-likeness (QED) is 0.583. The Morgan fingerprint density at radius 2 is 2.04 bits per heavy atom. The number of fused-ring (bicyclic) bond motifs is 1. The molecule has 146 valence electrons. The van der Waals surface area contributed by atoms with Crippen LogP contribution in [0.2, 0.25) is 0 Å². The summed E-state index contributed by atoms with van der Waals surface area (Å²) >= 11 is 0. The molecule has 3 aromatic rings. The van der Waals surface area contributed by atoms with Crippen LogP contribution in [-0.4, -0.2) is 47.2 Å². The third-order valence-corrected chi connectivity index (χ3v) is 5.63. The third-order valence-electron chi connectivity index (χ3n) is 5.63. The van der Waals surface area contributed by atoms with Gasteiger partial charge in [-0.3, -0.25) is 9.48 Å². The first-order valence-corrected chi connectivity index (χ1v) is 10.0. The lowest BCUT2D eigenvalue weighted by Gasteiger charge is -2.32. The van der Waals surface area contributed by atoms with Gasteiger partial charge in [-0.2, -0.15) is 5.10 Å². The van der Waals surface area contributed by atoms with Gasteiger partial charge >= 0.3 is 0 Å². The van der Waals surface area contributed by atoms with Crippen LogP contribution >= 0.6 is 0 Å². The van der Waals surface area contributed by atoms with E-state index >= 15 is 0 Å². The van der Waals surface area contributed by atoms with Crippen molar-refractivity contribution in [1.82, 2.24) is 14.7 Å². The summed E-state index contributed by atoms with van der Waals surface area (Å²) in [6, 6.07) is 13.9. The predicted octanol–water partition coefficient (Wildman–Crippen LogP) is 4.03. The van der Waals surface area contributed by atoms with Crippen LogP contribution in [0, 0.1) is 5.92 Å². The smallest absolute Gasteiger partial charge is 0.167 e. The van der Waals surface area contributed by atoms with E-state index in [1.807, 2.05) is 59.5 Å². The largest absolute Gasteiger partial charge is 0.497 e. The first kappa shape index (κ1) is 18.7. The Balaban J connectivity index is 1.38. The number of piperidine rings is 1. The van der Waals surface area contributed by atoms with E-state index in [1.54, 1.807) is 7.11 Å². The topological polar surface area (TPSA) is 47.4 Å². The van der Waals surface area contributed by atoms with E-state index in [9.17, 15) is 4.79 Å². The monoisotopic (exact) mass is 377 g/mol. The SMILES string of the molecule is COc1ccc2cc(C(=O)[C@H]3CCCN(CCCn4cccn4)C3)ccc2c1. The Bertz CT molecular complexity index is 936. The standard InChI is InChI=1S/C23H27N3O2/c1-28-22-9-8-18-15-20(7-6-19(18)16-22)23(27)21-5-2-11-25(17-21)12-4-14-26-13-3-10-24-26/h3,6-10,13,15-16,21H,2,4-5,11-12,14,17H2,1H3/t21-/m0/s1. The molecule has 1 saturated heterocycles. The number of rotatable bonds is 7.